The van der Waals surface area contributed by atoms with Crippen LogP contribution in [-0.2, 0) is 12.8 Å². The fraction of sp³-hybridized carbons (Fsp3) is 0.214. The summed E-state index contributed by atoms with van der Waals surface area (Å²) in [4.78, 5) is 4.05. The SMILES string of the molecule is NNC(Cc1cccc(F)c1)Cc1cnccc1N. The average Bonchev–Trinajstić information content (AvgIpc) is 2.40. The summed E-state index contributed by atoms with van der Waals surface area (Å²) >= 11 is 0. The van der Waals surface area contributed by atoms with Crippen molar-refractivity contribution in [2.45, 2.75) is 18.9 Å². The van der Waals surface area contributed by atoms with E-state index >= 15 is 0 Å². The van der Waals surface area contributed by atoms with Gasteiger partial charge in [0.15, 0.2) is 0 Å². The van der Waals surface area contributed by atoms with Gasteiger partial charge in [-0.2, -0.15) is 0 Å². The zero-order valence-electron chi connectivity index (χ0n) is 10.5. The van der Waals surface area contributed by atoms with Gasteiger partial charge in [0.25, 0.3) is 0 Å². The van der Waals surface area contributed by atoms with Gasteiger partial charge in [-0.1, -0.05) is 12.1 Å². The Labute approximate surface area is 111 Å². The largest absolute Gasteiger partial charge is 0.398 e. The number of pyridine rings is 1. The summed E-state index contributed by atoms with van der Waals surface area (Å²) in [6, 6.07) is 8.24. The molecule has 0 fully saturated rings. The van der Waals surface area contributed by atoms with E-state index in [-0.39, 0.29) is 11.9 Å². The molecule has 1 unspecified atom stereocenters. The van der Waals surface area contributed by atoms with Crippen molar-refractivity contribution in [3.8, 4) is 0 Å². The highest BCUT2D eigenvalue weighted by molar-refractivity contribution is 5.44. The molecule has 5 heteroatoms. The van der Waals surface area contributed by atoms with Crippen LogP contribution in [0, 0.1) is 5.82 Å². The molecule has 0 amide bonds. The van der Waals surface area contributed by atoms with Gasteiger partial charge in [0.05, 0.1) is 0 Å². The minimum Gasteiger partial charge on any atom is -0.398 e. The van der Waals surface area contributed by atoms with E-state index in [1.807, 2.05) is 6.07 Å². The summed E-state index contributed by atoms with van der Waals surface area (Å²) in [6.45, 7) is 0. The van der Waals surface area contributed by atoms with E-state index < -0.39 is 0 Å². The molecular weight excluding hydrogens is 243 g/mol. The molecular formula is C14H17FN4. The maximum atomic E-state index is 13.1. The van der Waals surface area contributed by atoms with Crippen molar-refractivity contribution in [2.75, 3.05) is 5.73 Å². The zero-order valence-corrected chi connectivity index (χ0v) is 10.5. The number of halogens is 1. The Hall–Kier alpha value is -1.98. The predicted molar refractivity (Wildman–Crippen MR) is 73.6 cm³/mol. The standard InChI is InChI=1S/C14H17FN4/c15-12-3-1-2-10(6-12)7-13(19-17)8-11-9-18-5-4-14(11)16/h1-6,9,13,19H,7-8,17H2,(H2,16,18). The number of nitrogens with zero attached hydrogens (tertiary/aromatic N) is 1. The van der Waals surface area contributed by atoms with Crippen molar-refractivity contribution in [3.63, 3.8) is 0 Å². The van der Waals surface area contributed by atoms with Gasteiger partial charge in [-0.15, -0.1) is 0 Å². The topological polar surface area (TPSA) is 77.0 Å². The number of anilines is 1. The molecule has 0 radical (unpaired) electrons. The number of aromatic nitrogens is 1. The van der Waals surface area contributed by atoms with E-state index in [4.69, 9.17) is 11.6 Å². The van der Waals surface area contributed by atoms with E-state index in [0.717, 1.165) is 11.1 Å². The Morgan fingerprint density at radius 1 is 1.26 bits per heavy atom. The van der Waals surface area contributed by atoms with Gasteiger partial charge in [0.1, 0.15) is 5.82 Å². The predicted octanol–water partition coefficient (Wildman–Crippen LogP) is 1.42. The van der Waals surface area contributed by atoms with Gasteiger partial charge < -0.3 is 5.73 Å². The number of benzene rings is 1. The molecule has 0 saturated heterocycles. The molecule has 0 aliphatic carbocycles. The molecule has 0 bridgehead atoms. The number of hydrogen-bond acceptors (Lipinski definition) is 4. The molecule has 0 aliphatic rings. The van der Waals surface area contributed by atoms with E-state index in [1.54, 1.807) is 24.5 Å². The van der Waals surface area contributed by atoms with Crippen LogP contribution in [0.4, 0.5) is 10.1 Å². The van der Waals surface area contributed by atoms with Crippen LogP contribution in [0.2, 0.25) is 0 Å². The highest BCUT2D eigenvalue weighted by Crippen LogP contribution is 2.14. The number of nitrogens with one attached hydrogen (secondary N) is 1. The number of rotatable bonds is 5. The first-order chi connectivity index (χ1) is 9.19. The molecule has 1 heterocycles. The second kappa shape index (κ2) is 6.26. The second-order valence-corrected chi connectivity index (χ2v) is 4.48. The summed E-state index contributed by atoms with van der Waals surface area (Å²) in [5.74, 6) is 5.31. The molecule has 1 aromatic carbocycles. The van der Waals surface area contributed by atoms with E-state index in [0.29, 0.717) is 18.5 Å². The smallest absolute Gasteiger partial charge is 0.123 e. The van der Waals surface area contributed by atoms with Gasteiger partial charge >= 0.3 is 0 Å². The summed E-state index contributed by atoms with van der Waals surface area (Å²) in [7, 11) is 0. The monoisotopic (exact) mass is 260 g/mol. The maximum Gasteiger partial charge on any atom is 0.123 e. The highest BCUT2D eigenvalue weighted by atomic mass is 19.1. The minimum atomic E-state index is -0.242. The van der Waals surface area contributed by atoms with Crippen molar-refractivity contribution in [3.05, 3.63) is 59.7 Å². The zero-order chi connectivity index (χ0) is 13.7. The third-order valence-electron chi connectivity index (χ3n) is 3.01. The number of nitrogen functional groups attached to an aromatic ring is 1. The van der Waals surface area contributed by atoms with Crippen LogP contribution in [0.15, 0.2) is 42.7 Å². The normalized spacial score (nSPS) is 12.3. The highest BCUT2D eigenvalue weighted by Gasteiger charge is 2.11. The first-order valence-corrected chi connectivity index (χ1v) is 6.08. The molecule has 2 aromatic rings. The van der Waals surface area contributed by atoms with E-state index in [2.05, 4.69) is 10.4 Å². The van der Waals surface area contributed by atoms with Gasteiger partial charge in [-0.25, -0.2) is 4.39 Å². The van der Waals surface area contributed by atoms with Crippen LogP contribution < -0.4 is 17.0 Å². The van der Waals surface area contributed by atoms with E-state index in [9.17, 15) is 4.39 Å². The quantitative estimate of drug-likeness (QED) is 0.561. The second-order valence-electron chi connectivity index (χ2n) is 4.48. The number of nitrogens with two attached hydrogens (primary N) is 2. The fourth-order valence-electron chi connectivity index (χ4n) is 2.01. The Balaban J connectivity index is 2.07. The maximum absolute atomic E-state index is 13.1. The van der Waals surface area contributed by atoms with Crippen molar-refractivity contribution in [1.29, 1.82) is 0 Å². The summed E-state index contributed by atoms with van der Waals surface area (Å²) < 4.78 is 13.1. The lowest BCUT2D eigenvalue weighted by Gasteiger charge is -2.16. The lowest BCUT2D eigenvalue weighted by molar-refractivity contribution is 0.520. The van der Waals surface area contributed by atoms with Gasteiger partial charge in [-0.3, -0.25) is 16.3 Å². The summed E-state index contributed by atoms with van der Waals surface area (Å²) in [5, 5.41) is 0. The Morgan fingerprint density at radius 2 is 2.11 bits per heavy atom. The average molecular weight is 260 g/mol. The fourth-order valence-corrected chi connectivity index (χ4v) is 2.01. The Kier molecular flexibility index (Phi) is 4.43. The third-order valence-corrected chi connectivity index (χ3v) is 3.01. The minimum absolute atomic E-state index is 0.0201. The third kappa shape index (κ3) is 3.74. The molecule has 0 saturated carbocycles. The van der Waals surface area contributed by atoms with Crippen LogP contribution in [0.5, 0.6) is 0 Å². The Bertz CT molecular complexity index is 544. The van der Waals surface area contributed by atoms with Crippen molar-refractivity contribution >= 4 is 5.69 Å². The molecule has 1 atom stereocenters. The van der Waals surface area contributed by atoms with Crippen molar-refractivity contribution < 1.29 is 4.39 Å². The molecule has 1 aromatic heterocycles. The van der Waals surface area contributed by atoms with Crippen LogP contribution >= 0.6 is 0 Å². The summed E-state index contributed by atoms with van der Waals surface area (Å²) in [6.07, 6.45) is 4.65. The van der Waals surface area contributed by atoms with Crippen molar-refractivity contribution in [2.24, 2.45) is 5.84 Å². The lowest BCUT2D eigenvalue weighted by Crippen LogP contribution is -2.38. The van der Waals surface area contributed by atoms with Crippen LogP contribution in [0.1, 0.15) is 11.1 Å². The molecule has 5 N–H and O–H groups in total. The molecule has 0 aliphatic heterocycles. The first-order valence-electron chi connectivity index (χ1n) is 6.08. The molecule has 2 rings (SSSR count). The number of hydrogen-bond donors (Lipinski definition) is 3. The van der Waals surface area contributed by atoms with E-state index in [1.165, 1.54) is 12.1 Å². The van der Waals surface area contributed by atoms with Crippen molar-refractivity contribution in [1.82, 2.24) is 10.4 Å². The Morgan fingerprint density at radius 3 is 2.79 bits per heavy atom. The molecule has 4 nitrogen and oxygen atoms in total. The van der Waals surface area contributed by atoms with Gasteiger partial charge in [0.2, 0.25) is 0 Å². The van der Waals surface area contributed by atoms with Gasteiger partial charge in [0, 0.05) is 24.1 Å². The molecule has 19 heavy (non-hydrogen) atoms. The van der Waals surface area contributed by atoms with Crippen LogP contribution in [0.25, 0.3) is 0 Å². The first kappa shape index (κ1) is 13.5. The van der Waals surface area contributed by atoms with Crippen LogP contribution in [-0.4, -0.2) is 11.0 Å². The molecule has 0 spiro atoms. The van der Waals surface area contributed by atoms with Gasteiger partial charge in [-0.05, 0) is 42.2 Å². The van der Waals surface area contributed by atoms with Crippen LogP contribution in [0.3, 0.4) is 0 Å². The molecule has 100 valence electrons. The summed E-state index contributed by atoms with van der Waals surface area (Å²) in [5.41, 5.74) is 11.1. The lowest BCUT2D eigenvalue weighted by atomic mass is 9.99. The number of hydrazine groups is 1.